The van der Waals surface area contributed by atoms with E-state index in [1.807, 2.05) is 6.92 Å². The fourth-order valence-corrected chi connectivity index (χ4v) is 2.53. The minimum Gasteiger partial charge on any atom is -0.480 e. The standard InChI is InChI=1S/C18H35NO3/c1-3-5-7-8-9-10-11-12-13-15-17(20)19-16(18(21)22)14-6-4-2/h16H,3-15H2,1-2H3,(H,19,20)(H,21,22). The molecular weight excluding hydrogens is 278 g/mol. The van der Waals surface area contributed by atoms with Gasteiger partial charge in [0.25, 0.3) is 0 Å². The highest BCUT2D eigenvalue weighted by atomic mass is 16.4. The van der Waals surface area contributed by atoms with Crippen LogP contribution in [0, 0.1) is 0 Å². The first-order valence-electron chi connectivity index (χ1n) is 9.14. The van der Waals surface area contributed by atoms with E-state index in [9.17, 15) is 9.59 Å². The number of carboxylic acids is 1. The smallest absolute Gasteiger partial charge is 0.326 e. The van der Waals surface area contributed by atoms with E-state index >= 15 is 0 Å². The summed E-state index contributed by atoms with van der Waals surface area (Å²) < 4.78 is 0. The Labute approximate surface area is 136 Å². The molecule has 0 saturated heterocycles. The summed E-state index contributed by atoms with van der Waals surface area (Å²) in [6.45, 7) is 4.24. The van der Waals surface area contributed by atoms with Crippen LogP contribution in [0.4, 0.5) is 0 Å². The molecule has 130 valence electrons. The van der Waals surface area contributed by atoms with Crippen molar-refractivity contribution >= 4 is 11.9 Å². The maximum atomic E-state index is 11.8. The molecule has 1 unspecified atom stereocenters. The Kier molecular flexibility index (Phi) is 14.1. The second-order valence-electron chi connectivity index (χ2n) is 6.18. The zero-order valence-corrected chi connectivity index (χ0v) is 14.5. The lowest BCUT2D eigenvalue weighted by Gasteiger charge is -2.13. The molecule has 0 aromatic carbocycles. The van der Waals surface area contributed by atoms with E-state index in [0.29, 0.717) is 12.8 Å². The van der Waals surface area contributed by atoms with Crippen LogP contribution < -0.4 is 5.32 Å². The lowest BCUT2D eigenvalue weighted by atomic mass is 10.1. The van der Waals surface area contributed by atoms with Crippen molar-refractivity contribution in [3.63, 3.8) is 0 Å². The Morgan fingerprint density at radius 3 is 1.82 bits per heavy atom. The highest BCUT2D eigenvalue weighted by Gasteiger charge is 2.18. The number of rotatable bonds is 15. The molecule has 22 heavy (non-hydrogen) atoms. The van der Waals surface area contributed by atoms with E-state index in [2.05, 4.69) is 12.2 Å². The van der Waals surface area contributed by atoms with Crippen molar-refractivity contribution in [3.05, 3.63) is 0 Å². The van der Waals surface area contributed by atoms with Gasteiger partial charge < -0.3 is 10.4 Å². The number of hydrogen-bond acceptors (Lipinski definition) is 2. The zero-order valence-electron chi connectivity index (χ0n) is 14.5. The molecule has 0 spiro atoms. The first kappa shape index (κ1) is 20.9. The largest absolute Gasteiger partial charge is 0.480 e. The van der Waals surface area contributed by atoms with Gasteiger partial charge in [-0.05, 0) is 12.8 Å². The van der Waals surface area contributed by atoms with Crippen molar-refractivity contribution < 1.29 is 14.7 Å². The number of nitrogens with one attached hydrogen (secondary N) is 1. The summed E-state index contributed by atoms with van der Waals surface area (Å²) in [6, 6.07) is -0.717. The predicted molar refractivity (Wildman–Crippen MR) is 90.9 cm³/mol. The van der Waals surface area contributed by atoms with E-state index in [-0.39, 0.29) is 5.91 Å². The lowest BCUT2D eigenvalue weighted by molar-refractivity contribution is -0.142. The molecular formula is C18H35NO3. The van der Waals surface area contributed by atoms with Crippen LogP contribution in [0.1, 0.15) is 97.3 Å². The topological polar surface area (TPSA) is 66.4 Å². The second-order valence-corrected chi connectivity index (χ2v) is 6.18. The van der Waals surface area contributed by atoms with Gasteiger partial charge in [0.2, 0.25) is 5.91 Å². The van der Waals surface area contributed by atoms with E-state index in [4.69, 9.17) is 5.11 Å². The number of aliphatic carboxylic acids is 1. The third-order valence-electron chi connectivity index (χ3n) is 3.99. The van der Waals surface area contributed by atoms with E-state index in [0.717, 1.165) is 25.7 Å². The highest BCUT2D eigenvalue weighted by molar-refractivity contribution is 5.83. The van der Waals surface area contributed by atoms with Crippen molar-refractivity contribution in [3.8, 4) is 0 Å². The number of carbonyl (C=O) groups is 2. The average molecular weight is 313 g/mol. The Balaban J connectivity index is 3.57. The summed E-state index contributed by atoms with van der Waals surface area (Å²) in [4.78, 5) is 22.8. The SMILES string of the molecule is CCCCCCCCCCCC(=O)NC(CCCC)C(=O)O. The first-order valence-corrected chi connectivity index (χ1v) is 9.14. The van der Waals surface area contributed by atoms with Crippen LogP contribution in [0.5, 0.6) is 0 Å². The van der Waals surface area contributed by atoms with Crippen LogP contribution in [0.25, 0.3) is 0 Å². The highest BCUT2D eigenvalue weighted by Crippen LogP contribution is 2.10. The summed E-state index contributed by atoms with van der Waals surface area (Å²) in [5, 5.41) is 11.7. The van der Waals surface area contributed by atoms with Gasteiger partial charge >= 0.3 is 5.97 Å². The van der Waals surface area contributed by atoms with Crippen LogP contribution in [0.3, 0.4) is 0 Å². The minimum absolute atomic E-state index is 0.119. The van der Waals surface area contributed by atoms with Gasteiger partial charge in [-0.15, -0.1) is 0 Å². The van der Waals surface area contributed by atoms with Gasteiger partial charge in [0.15, 0.2) is 0 Å². The number of carbonyl (C=O) groups excluding carboxylic acids is 1. The second kappa shape index (κ2) is 14.9. The Morgan fingerprint density at radius 1 is 0.818 bits per heavy atom. The molecule has 0 radical (unpaired) electrons. The Bertz CT molecular complexity index is 292. The fraction of sp³-hybridized carbons (Fsp3) is 0.889. The fourth-order valence-electron chi connectivity index (χ4n) is 2.53. The van der Waals surface area contributed by atoms with E-state index in [1.165, 1.54) is 44.9 Å². The predicted octanol–water partition coefficient (Wildman–Crippen LogP) is 4.67. The van der Waals surface area contributed by atoms with E-state index in [1.54, 1.807) is 0 Å². The summed E-state index contributed by atoms with van der Waals surface area (Å²) >= 11 is 0. The van der Waals surface area contributed by atoms with Gasteiger partial charge in [0.1, 0.15) is 6.04 Å². The molecule has 4 nitrogen and oxygen atoms in total. The molecule has 2 N–H and O–H groups in total. The maximum Gasteiger partial charge on any atom is 0.326 e. The summed E-state index contributed by atoms with van der Waals surface area (Å²) in [5.41, 5.74) is 0. The summed E-state index contributed by atoms with van der Waals surface area (Å²) in [5.74, 6) is -1.04. The van der Waals surface area contributed by atoms with Crippen molar-refractivity contribution in [1.82, 2.24) is 5.32 Å². The maximum absolute atomic E-state index is 11.8. The van der Waals surface area contributed by atoms with E-state index < -0.39 is 12.0 Å². The van der Waals surface area contributed by atoms with Crippen molar-refractivity contribution in [2.75, 3.05) is 0 Å². The molecule has 0 bridgehead atoms. The Hall–Kier alpha value is -1.06. The quantitative estimate of drug-likeness (QED) is 0.432. The molecule has 0 aliphatic rings. The number of amides is 1. The average Bonchev–Trinajstić information content (AvgIpc) is 2.49. The van der Waals surface area contributed by atoms with Gasteiger partial charge in [0, 0.05) is 6.42 Å². The van der Waals surface area contributed by atoms with Gasteiger partial charge in [-0.3, -0.25) is 4.79 Å². The number of unbranched alkanes of at least 4 members (excludes halogenated alkanes) is 9. The van der Waals surface area contributed by atoms with Gasteiger partial charge in [-0.25, -0.2) is 4.79 Å². The third kappa shape index (κ3) is 12.7. The Morgan fingerprint density at radius 2 is 1.32 bits per heavy atom. The molecule has 0 rings (SSSR count). The zero-order chi connectivity index (χ0) is 16.6. The molecule has 0 heterocycles. The normalized spacial score (nSPS) is 12.1. The van der Waals surface area contributed by atoms with Crippen molar-refractivity contribution in [2.45, 2.75) is 103 Å². The van der Waals surface area contributed by atoms with Gasteiger partial charge in [0.05, 0.1) is 0 Å². The lowest BCUT2D eigenvalue weighted by Crippen LogP contribution is -2.40. The van der Waals surface area contributed by atoms with Crippen LogP contribution in [-0.2, 0) is 9.59 Å². The molecule has 0 aromatic rings. The van der Waals surface area contributed by atoms with Crippen molar-refractivity contribution in [1.29, 1.82) is 0 Å². The van der Waals surface area contributed by atoms with Crippen LogP contribution >= 0.6 is 0 Å². The summed E-state index contributed by atoms with van der Waals surface area (Å²) in [6.07, 6.45) is 13.7. The monoisotopic (exact) mass is 313 g/mol. The van der Waals surface area contributed by atoms with Crippen LogP contribution in [0.2, 0.25) is 0 Å². The van der Waals surface area contributed by atoms with Crippen LogP contribution in [-0.4, -0.2) is 23.0 Å². The third-order valence-corrected chi connectivity index (χ3v) is 3.99. The number of hydrogen-bond donors (Lipinski definition) is 2. The van der Waals surface area contributed by atoms with Gasteiger partial charge in [-0.2, -0.15) is 0 Å². The molecule has 0 aliphatic heterocycles. The molecule has 0 aliphatic carbocycles. The number of carboxylic acid groups (broad SMARTS) is 1. The molecule has 1 atom stereocenters. The van der Waals surface area contributed by atoms with Gasteiger partial charge in [-0.1, -0.05) is 78.1 Å². The molecule has 0 fully saturated rings. The minimum atomic E-state index is -0.922. The molecule has 0 saturated carbocycles. The molecule has 4 heteroatoms. The summed E-state index contributed by atoms with van der Waals surface area (Å²) in [7, 11) is 0. The molecule has 1 amide bonds. The van der Waals surface area contributed by atoms with Crippen LogP contribution in [0.15, 0.2) is 0 Å². The first-order chi connectivity index (χ1) is 10.6. The van der Waals surface area contributed by atoms with Crippen molar-refractivity contribution in [2.24, 2.45) is 0 Å². The molecule has 0 aromatic heterocycles.